The predicted octanol–water partition coefficient (Wildman–Crippen LogP) is 2.96. The zero-order valence-corrected chi connectivity index (χ0v) is 12.5. The van der Waals surface area contributed by atoms with Gasteiger partial charge >= 0.3 is 0 Å². The van der Waals surface area contributed by atoms with Crippen molar-refractivity contribution in [3.63, 3.8) is 0 Å². The molecule has 1 fully saturated rings. The molecule has 0 spiro atoms. The van der Waals surface area contributed by atoms with Crippen LogP contribution in [-0.4, -0.2) is 29.9 Å². The molecule has 1 aromatic rings. The first-order chi connectivity index (χ1) is 9.79. The number of likely N-dealkylation sites (N-methyl/N-ethyl adjacent to an activating group) is 1. The molecule has 3 nitrogen and oxygen atoms in total. The van der Waals surface area contributed by atoms with Gasteiger partial charge in [0.25, 0.3) is 0 Å². The number of hydrogen-bond acceptors (Lipinski definition) is 2. The van der Waals surface area contributed by atoms with Gasteiger partial charge in [-0.15, -0.1) is 0 Å². The molecule has 1 amide bonds. The molecule has 1 aromatic carbocycles. The van der Waals surface area contributed by atoms with E-state index in [0.29, 0.717) is 19.1 Å². The van der Waals surface area contributed by atoms with Crippen LogP contribution in [0.15, 0.2) is 30.3 Å². The average Bonchev–Trinajstić information content (AvgIpc) is 2.49. The SMILES string of the molecule is CCNC(=O)CN(Cc1ccccc1)C1CCCCC1. The summed E-state index contributed by atoms with van der Waals surface area (Å²) >= 11 is 0. The molecule has 0 atom stereocenters. The first-order valence-electron chi connectivity index (χ1n) is 7.84. The van der Waals surface area contributed by atoms with Gasteiger partial charge in [-0.2, -0.15) is 0 Å². The summed E-state index contributed by atoms with van der Waals surface area (Å²) in [5.41, 5.74) is 1.29. The molecule has 2 rings (SSSR count). The van der Waals surface area contributed by atoms with E-state index in [1.54, 1.807) is 0 Å². The fourth-order valence-electron chi connectivity index (χ4n) is 3.02. The van der Waals surface area contributed by atoms with E-state index in [1.807, 2.05) is 13.0 Å². The van der Waals surface area contributed by atoms with E-state index in [1.165, 1.54) is 37.7 Å². The summed E-state index contributed by atoms with van der Waals surface area (Å²) in [4.78, 5) is 14.3. The van der Waals surface area contributed by atoms with Crippen molar-refractivity contribution in [2.75, 3.05) is 13.1 Å². The van der Waals surface area contributed by atoms with E-state index in [-0.39, 0.29) is 5.91 Å². The Morgan fingerprint density at radius 3 is 2.55 bits per heavy atom. The van der Waals surface area contributed by atoms with Crippen LogP contribution in [-0.2, 0) is 11.3 Å². The normalized spacial score (nSPS) is 16.3. The molecule has 0 heterocycles. The van der Waals surface area contributed by atoms with Gasteiger partial charge in [0.15, 0.2) is 0 Å². The molecule has 1 aliphatic carbocycles. The molecule has 0 aromatic heterocycles. The molecule has 0 aliphatic heterocycles. The maximum atomic E-state index is 11.9. The van der Waals surface area contributed by atoms with Crippen molar-refractivity contribution in [1.29, 1.82) is 0 Å². The largest absolute Gasteiger partial charge is 0.355 e. The van der Waals surface area contributed by atoms with Crippen LogP contribution >= 0.6 is 0 Å². The Morgan fingerprint density at radius 2 is 1.90 bits per heavy atom. The minimum Gasteiger partial charge on any atom is -0.355 e. The lowest BCUT2D eigenvalue weighted by Gasteiger charge is -2.34. The van der Waals surface area contributed by atoms with Gasteiger partial charge in [0.1, 0.15) is 0 Å². The zero-order chi connectivity index (χ0) is 14.2. The molecule has 0 unspecified atom stereocenters. The average molecular weight is 274 g/mol. The molecule has 3 heteroatoms. The van der Waals surface area contributed by atoms with E-state index in [0.717, 1.165) is 6.54 Å². The van der Waals surface area contributed by atoms with E-state index < -0.39 is 0 Å². The summed E-state index contributed by atoms with van der Waals surface area (Å²) < 4.78 is 0. The highest BCUT2D eigenvalue weighted by Gasteiger charge is 2.22. The summed E-state index contributed by atoms with van der Waals surface area (Å²) in [5.74, 6) is 0.147. The lowest BCUT2D eigenvalue weighted by Crippen LogP contribution is -2.43. The Morgan fingerprint density at radius 1 is 1.20 bits per heavy atom. The molecule has 1 aliphatic rings. The van der Waals surface area contributed by atoms with Crippen LogP contribution < -0.4 is 5.32 Å². The topological polar surface area (TPSA) is 32.3 Å². The highest BCUT2D eigenvalue weighted by Crippen LogP contribution is 2.23. The third-order valence-corrected chi connectivity index (χ3v) is 4.04. The van der Waals surface area contributed by atoms with Gasteiger partial charge in [-0.3, -0.25) is 9.69 Å². The van der Waals surface area contributed by atoms with Gasteiger partial charge in [0, 0.05) is 19.1 Å². The molecule has 1 N–H and O–H groups in total. The molecule has 0 saturated heterocycles. The van der Waals surface area contributed by atoms with Crippen molar-refractivity contribution in [2.24, 2.45) is 0 Å². The Bertz CT molecular complexity index is 399. The Hall–Kier alpha value is -1.35. The first-order valence-corrected chi connectivity index (χ1v) is 7.84. The standard InChI is InChI=1S/C17H26N2O/c1-2-18-17(20)14-19(16-11-7-4-8-12-16)13-15-9-5-3-6-10-15/h3,5-6,9-10,16H,2,4,7-8,11-14H2,1H3,(H,18,20). The maximum absolute atomic E-state index is 11.9. The fraction of sp³-hybridized carbons (Fsp3) is 0.588. The van der Waals surface area contributed by atoms with Gasteiger partial charge in [-0.25, -0.2) is 0 Å². The van der Waals surface area contributed by atoms with Gasteiger partial charge in [0.2, 0.25) is 5.91 Å². The van der Waals surface area contributed by atoms with E-state index in [9.17, 15) is 4.79 Å². The minimum absolute atomic E-state index is 0.147. The molecule has 20 heavy (non-hydrogen) atoms. The van der Waals surface area contributed by atoms with Crippen LogP contribution in [0.3, 0.4) is 0 Å². The second kappa shape index (κ2) is 8.05. The van der Waals surface area contributed by atoms with Crippen molar-refractivity contribution in [1.82, 2.24) is 10.2 Å². The fourth-order valence-corrected chi connectivity index (χ4v) is 3.02. The number of benzene rings is 1. The second-order valence-corrected chi connectivity index (χ2v) is 5.64. The molecule has 0 bridgehead atoms. The number of carbonyl (C=O) groups excluding carboxylic acids is 1. The number of nitrogens with zero attached hydrogens (tertiary/aromatic N) is 1. The Balaban J connectivity index is 2.00. The van der Waals surface area contributed by atoms with Crippen LogP contribution in [0.4, 0.5) is 0 Å². The molecular formula is C17H26N2O. The smallest absolute Gasteiger partial charge is 0.234 e. The quantitative estimate of drug-likeness (QED) is 0.865. The summed E-state index contributed by atoms with van der Waals surface area (Å²) in [7, 11) is 0. The van der Waals surface area contributed by atoms with Crippen molar-refractivity contribution in [3.05, 3.63) is 35.9 Å². The van der Waals surface area contributed by atoms with Crippen molar-refractivity contribution in [3.8, 4) is 0 Å². The third kappa shape index (κ3) is 4.64. The predicted molar refractivity (Wildman–Crippen MR) is 82.4 cm³/mol. The molecule has 0 radical (unpaired) electrons. The Kier molecular flexibility index (Phi) is 6.06. The number of amides is 1. The lowest BCUT2D eigenvalue weighted by molar-refractivity contribution is -0.123. The van der Waals surface area contributed by atoms with Gasteiger partial charge < -0.3 is 5.32 Å². The van der Waals surface area contributed by atoms with Crippen LogP contribution in [0.25, 0.3) is 0 Å². The summed E-state index contributed by atoms with van der Waals surface area (Å²) in [6.07, 6.45) is 6.39. The zero-order valence-electron chi connectivity index (χ0n) is 12.5. The number of nitrogens with one attached hydrogen (secondary N) is 1. The van der Waals surface area contributed by atoms with Crippen molar-refractivity contribution < 1.29 is 4.79 Å². The highest BCUT2D eigenvalue weighted by molar-refractivity contribution is 5.77. The number of carbonyl (C=O) groups is 1. The lowest BCUT2D eigenvalue weighted by atomic mass is 9.94. The summed E-state index contributed by atoms with van der Waals surface area (Å²) in [6, 6.07) is 11.0. The van der Waals surface area contributed by atoms with Gasteiger partial charge in [0.05, 0.1) is 6.54 Å². The van der Waals surface area contributed by atoms with Crippen molar-refractivity contribution >= 4 is 5.91 Å². The molecule has 110 valence electrons. The van der Waals surface area contributed by atoms with Gasteiger partial charge in [-0.1, -0.05) is 49.6 Å². The Labute approximate surface area is 122 Å². The van der Waals surface area contributed by atoms with Crippen LogP contribution in [0.5, 0.6) is 0 Å². The van der Waals surface area contributed by atoms with Crippen LogP contribution in [0.1, 0.15) is 44.6 Å². The summed E-state index contributed by atoms with van der Waals surface area (Å²) in [6.45, 7) is 4.08. The van der Waals surface area contributed by atoms with Crippen LogP contribution in [0, 0.1) is 0 Å². The van der Waals surface area contributed by atoms with E-state index in [4.69, 9.17) is 0 Å². The maximum Gasteiger partial charge on any atom is 0.234 e. The first kappa shape index (κ1) is 15.0. The van der Waals surface area contributed by atoms with Crippen molar-refractivity contribution in [2.45, 2.75) is 51.6 Å². The molecular weight excluding hydrogens is 248 g/mol. The summed E-state index contributed by atoms with van der Waals surface area (Å²) in [5, 5.41) is 2.92. The highest BCUT2D eigenvalue weighted by atomic mass is 16.2. The number of hydrogen-bond donors (Lipinski definition) is 1. The second-order valence-electron chi connectivity index (χ2n) is 5.64. The third-order valence-electron chi connectivity index (χ3n) is 4.04. The number of rotatable bonds is 6. The monoisotopic (exact) mass is 274 g/mol. The van der Waals surface area contributed by atoms with E-state index in [2.05, 4.69) is 34.5 Å². The van der Waals surface area contributed by atoms with Crippen LogP contribution in [0.2, 0.25) is 0 Å². The molecule has 1 saturated carbocycles. The van der Waals surface area contributed by atoms with Gasteiger partial charge in [-0.05, 0) is 25.3 Å². The van der Waals surface area contributed by atoms with E-state index >= 15 is 0 Å². The minimum atomic E-state index is 0.147.